The van der Waals surface area contributed by atoms with Crippen LogP contribution in [-0.4, -0.2) is 43.7 Å². The molecule has 0 bridgehead atoms. The highest BCUT2D eigenvalue weighted by Crippen LogP contribution is 2.28. The number of hydrogen-bond donors (Lipinski definition) is 3. The summed E-state index contributed by atoms with van der Waals surface area (Å²) in [6.07, 6.45) is 1.36. The van der Waals surface area contributed by atoms with Gasteiger partial charge in [-0.25, -0.2) is 5.43 Å². The maximum atomic E-state index is 12.2. The summed E-state index contributed by atoms with van der Waals surface area (Å²) in [5, 5.41) is 9.40. The highest BCUT2D eigenvalue weighted by Gasteiger charge is 2.12. The maximum absolute atomic E-state index is 12.2. The summed E-state index contributed by atoms with van der Waals surface area (Å²) in [5.41, 5.74) is 4.21. The summed E-state index contributed by atoms with van der Waals surface area (Å²) in [5.74, 6) is -1.22. The SMILES string of the molecule is CCNC(=O)C(=O)N/N=C\c1ccc(OCC(=O)Nc2ccc(C)c(Cl)c2)c(OCC)c1. The van der Waals surface area contributed by atoms with E-state index in [9.17, 15) is 14.4 Å². The molecule has 170 valence electrons. The number of anilines is 1. The molecule has 0 aliphatic heterocycles. The van der Waals surface area contributed by atoms with Crippen molar-refractivity contribution in [1.82, 2.24) is 10.7 Å². The molecule has 0 atom stereocenters. The molecule has 3 N–H and O–H groups in total. The second-order valence-corrected chi connectivity index (χ2v) is 6.91. The topological polar surface area (TPSA) is 118 Å². The molecule has 10 heteroatoms. The molecule has 9 nitrogen and oxygen atoms in total. The minimum absolute atomic E-state index is 0.235. The van der Waals surface area contributed by atoms with Crippen LogP contribution in [0, 0.1) is 6.92 Å². The Bertz CT molecular complexity index is 1010. The Hall–Kier alpha value is -3.59. The number of amides is 3. The van der Waals surface area contributed by atoms with E-state index in [1.54, 1.807) is 37.3 Å². The van der Waals surface area contributed by atoms with Gasteiger partial charge in [-0.2, -0.15) is 5.10 Å². The first-order valence-electron chi connectivity index (χ1n) is 9.90. The number of nitrogens with zero attached hydrogens (tertiary/aromatic N) is 1. The van der Waals surface area contributed by atoms with Gasteiger partial charge < -0.3 is 20.1 Å². The molecule has 2 rings (SSSR count). The molecule has 32 heavy (non-hydrogen) atoms. The quantitative estimate of drug-likeness (QED) is 0.302. The number of aryl methyl sites for hydroxylation is 1. The van der Waals surface area contributed by atoms with Crippen LogP contribution in [0.1, 0.15) is 25.0 Å². The molecule has 0 fully saturated rings. The smallest absolute Gasteiger partial charge is 0.329 e. The lowest BCUT2D eigenvalue weighted by molar-refractivity contribution is -0.139. The second kappa shape index (κ2) is 12.3. The molecule has 3 amide bonds. The van der Waals surface area contributed by atoms with Crippen molar-refractivity contribution >= 4 is 41.2 Å². The van der Waals surface area contributed by atoms with Gasteiger partial charge in [-0.3, -0.25) is 14.4 Å². The zero-order valence-electron chi connectivity index (χ0n) is 18.0. The maximum Gasteiger partial charge on any atom is 0.329 e. The van der Waals surface area contributed by atoms with Gasteiger partial charge in [0.15, 0.2) is 18.1 Å². The Morgan fingerprint density at radius 3 is 2.50 bits per heavy atom. The highest BCUT2D eigenvalue weighted by molar-refractivity contribution is 6.35. The molecular weight excluding hydrogens is 436 g/mol. The number of carbonyl (C=O) groups excluding carboxylic acids is 3. The van der Waals surface area contributed by atoms with Gasteiger partial charge in [-0.05, 0) is 62.2 Å². The third kappa shape index (κ3) is 7.59. The molecule has 2 aromatic rings. The van der Waals surface area contributed by atoms with Crippen molar-refractivity contribution in [2.45, 2.75) is 20.8 Å². The lowest BCUT2D eigenvalue weighted by Gasteiger charge is -2.13. The van der Waals surface area contributed by atoms with E-state index in [-0.39, 0.29) is 12.5 Å². The lowest BCUT2D eigenvalue weighted by atomic mass is 10.2. The number of nitrogens with one attached hydrogen (secondary N) is 3. The van der Waals surface area contributed by atoms with Gasteiger partial charge in [-0.1, -0.05) is 17.7 Å². The summed E-state index contributed by atoms with van der Waals surface area (Å²) in [4.78, 5) is 35.1. The third-order valence-electron chi connectivity index (χ3n) is 4.01. The Kier molecular flexibility index (Phi) is 9.49. The van der Waals surface area contributed by atoms with E-state index in [2.05, 4.69) is 21.2 Å². The van der Waals surface area contributed by atoms with Crippen molar-refractivity contribution in [3.8, 4) is 11.5 Å². The first-order valence-corrected chi connectivity index (χ1v) is 10.3. The van der Waals surface area contributed by atoms with Crippen LogP contribution in [0.3, 0.4) is 0 Å². The zero-order valence-corrected chi connectivity index (χ0v) is 18.8. The molecule has 0 heterocycles. The van der Waals surface area contributed by atoms with E-state index >= 15 is 0 Å². The Labute approximate surface area is 191 Å². The average Bonchev–Trinajstić information content (AvgIpc) is 2.76. The van der Waals surface area contributed by atoms with E-state index in [0.717, 1.165) is 5.56 Å². The normalized spacial score (nSPS) is 10.5. The van der Waals surface area contributed by atoms with Gasteiger partial charge in [0.25, 0.3) is 5.91 Å². The Balaban J connectivity index is 1.98. The number of carbonyl (C=O) groups is 3. The Morgan fingerprint density at radius 1 is 1.03 bits per heavy atom. The first kappa shape index (κ1) is 24.7. The zero-order chi connectivity index (χ0) is 23.5. The summed E-state index contributed by atoms with van der Waals surface area (Å²) in [6.45, 7) is 5.87. The highest BCUT2D eigenvalue weighted by atomic mass is 35.5. The summed E-state index contributed by atoms with van der Waals surface area (Å²) >= 11 is 6.07. The Morgan fingerprint density at radius 2 is 1.81 bits per heavy atom. The number of benzene rings is 2. The van der Waals surface area contributed by atoms with Gasteiger partial charge in [-0.15, -0.1) is 0 Å². The van der Waals surface area contributed by atoms with Crippen LogP contribution in [0.4, 0.5) is 5.69 Å². The molecule has 0 unspecified atom stereocenters. The van der Waals surface area contributed by atoms with Crippen molar-refractivity contribution in [3.05, 3.63) is 52.5 Å². The first-order chi connectivity index (χ1) is 15.3. The fraction of sp³-hybridized carbons (Fsp3) is 0.273. The molecule has 2 aromatic carbocycles. The minimum Gasteiger partial charge on any atom is -0.490 e. The number of likely N-dealkylation sites (N-methyl/N-ethyl adjacent to an activating group) is 1. The van der Waals surface area contributed by atoms with Crippen molar-refractivity contribution in [3.63, 3.8) is 0 Å². The van der Waals surface area contributed by atoms with Crippen molar-refractivity contribution in [2.75, 3.05) is 25.1 Å². The summed E-state index contributed by atoms with van der Waals surface area (Å²) < 4.78 is 11.2. The van der Waals surface area contributed by atoms with Gasteiger partial charge in [0.1, 0.15) is 0 Å². The van der Waals surface area contributed by atoms with Crippen LogP contribution in [0.2, 0.25) is 5.02 Å². The fourth-order valence-corrected chi connectivity index (χ4v) is 2.64. The fourth-order valence-electron chi connectivity index (χ4n) is 2.46. The molecule has 0 saturated carbocycles. The minimum atomic E-state index is -0.867. The number of hydrogen-bond acceptors (Lipinski definition) is 6. The van der Waals surface area contributed by atoms with E-state index in [1.165, 1.54) is 6.21 Å². The summed E-state index contributed by atoms with van der Waals surface area (Å²) in [7, 11) is 0. The average molecular weight is 461 g/mol. The van der Waals surface area contributed by atoms with Crippen LogP contribution in [0.5, 0.6) is 11.5 Å². The summed E-state index contributed by atoms with van der Waals surface area (Å²) in [6, 6.07) is 10.1. The molecule has 0 radical (unpaired) electrons. The molecular formula is C22H25ClN4O5. The molecule has 0 aromatic heterocycles. The van der Waals surface area contributed by atoms with Crippen LogP contribution in [0.25, 0.3) is 0 Å². The van der Waals surface area contributed by atoms with Crippen LogP contribution in [0.15, 0.2) is 41.5 Å². The number of ether oxygens (including phenoxy) is 2. The van der Waals surface area contributed by atoms with Gasteiger partial charge >= 0.3 is 11.8 Å². The van der Waals surface area contributed by atoms with Crippen molar-refractivity contribution in [1.29, 1.82) is 0 Å². The van der Waals surface area contributed by atoms with Crippen molar-refractivity contribution in [2.24, 2.45) is 5.10 Å². The predicted octanol–water partition coefficient (Wildman–Crippen LogP) is 2.65. The molecule has 0 spiro atoms. The second-order valence-electron chi connectivity index (χ2n) is 6.50. The predicted molar refractivity (Wildman–Crippen MR) is 122 cm³/mol. The van der Waals surface area contributed by atoms with Gasteiger partial charge in [0, 0.05) is 17.3 Å². The van der Waals surface area contributed by atoms with E-state index < -0.39 is 11.8 Å². The number of hydrazone groups is 1. The monoisotopic (exact) mass is 460 g/mol. The van der Waals surface area contributed by atoms with Crippen LogP contribution in [-0.2, 0) is 14.4 Å². The third-order valence-corrected chi connectivity index (χ3v) is 4.41. The standard InChI is InChI=1S/C22H25ClN4O5/c1-4-24-21(29)22(30)27-25-12-15-7-9-18(19(10-15)31-5-2)32-13-20(28)26-16-8-6-14(3)17(23)11-16/h6-12H,4-5,13H2,1-3H3,(H,24,29)(H,26,28)(H,27,30)/b25-12-. The molecule has 0 aliphatic carbocycles. The van der Waals surface area contributed by atoms with Crippen LogP contribution >= 0.6 is 11.6 Å². The van der Waals surface area contributed by atoms with E-state index in [1.807, 2.05) is 19.9 Å². The molecule has 0 aliphatic rings. The van der Waals surface area contributed by atoms with Crippen LogP contribution < -0.4 is 25.5 Å². The largest absolute Gasteiger partial charge is 0.490 e. The number of halogens is 1. The van der Waals surface area contributed by atoms with Crippen molar-refractivity contribution < 1.29 is 23.9 Å². The van der Waals surface area contributed by atoms with Gasteiger partial charge in [0.2, 0.25) is 0 Å². The lowest BCUT2D eigenvalue weighted by Crippen LogP contribution is -2.37. The van der Waals surface area contributed by atoms with E-state index in [4.69, 9.17) is 21.1 Å². The van der Waals surface area contributed by atoms with Gasteiger partial charge in [0.05, 0.1) is 12.8 Å². The van der Waals surface area contributed by atoms with E-state index in [0.29, 0.717) is 40.9 Å². The molecule has 0 saturated heterocycles. The number of rotatable bonds is 9.